The van der Waals surface area contributed by atoms with E-state index in [9.17, 15) is 49.5 Å². The summed E-state index contributed by atoms with van der Waals surface area (Å²) in [5.41, 5.74) is -4.20. The minimum atomic E-state index is -4.93. The third-order valence-corrected chi connectivity index (χ3v) is 14.9. The predicted octanol–water partition coefficient (Wildman–Crippen LogP) is 5.30. The molecule has 0 unspecified atom stereocenters. The number of fused-ring (bicyclic) bond motifs is 5. The molecule has 4 amide bonds. The fourth-order valence-corrected chi connectivity index (χ4v) is 11.0. The largest absolute Gasteiger partial charge is 0.483 e. The number of ether oxygens (including phenoxy) is 3. The van der Waals surface area contributed by atoms with Crippen LogP contribution in [-0.4, -0.2) is 99.4 Å². The average molecular weight is 854 g/mol. The fraction of sp³-hybridized carbons (Fsp3) is 0.615. The van der Waals surface area contributed by atoms with Gasteiger partial charge in [0.05, 0.1) is 17.8 Å². The molecule has 1 aromatic heterocycles. The molecule has 4 fully saturated rings. The SMILES string of the molecule is Cc1nc2ccc(OC(F)F)cc2c2c1O[C@]1(CC2)C[C@H]2C(=O)N[C@]3(C(=O)N4C5(CC5)S4(=O)=O)C[C@H]3/C=C\CCCCC[C@H](NC(=O)OC(C)(C)C(F)(F)F)C(=O)N2C1. The summed E-state index contributed by atoms with van der Waals surface area (Å²) in [5.74, 6) is -2.66. The number of aryl methyl sites for hydroxylation is 2. The van der Waals surface area contributed by atoms with Crippen LogP contribution in [0.5, 0.6) is 11.5 Å². The van der Waals surface area contributed by atoms with Crippen LogP contribution in [0.25, 0.3) is 10.9 Å². The smallest absolute Gasteiger partial charge is 0.427 e. The summed E-state index contributed by atoms with van der Waals surface area (Å²) >= 11 is 0. The third kappa shape index (κ3) is 7.01. The maximum absolute atomic E-state index is 14.7. The highest BCUT2D eigenvalue weighted by Crippen LogP contribution is 2.64. The van der Waals surface area contributed by atoms with Crippen LogP contribution in [-0.2, 0) is 35.6 Å². The second-order valence-electron chi connectivity index (χ2n) is 17.0. The van der Waals surface area contributed by atoms with Crippen molar-refractivity contribution in [3.63, 3.8) is 0 Å². The molecule has 4 aliphatic heterocycles. The van der Waals surface area contributed by atoms with E-state index in [0.29, 0.717) is 80.3 Å². The second kappa shape index (κ2) is 13.9. The number of allylic oxidation sites excluding steroid dienone is 1. The Kier molecular flexibility index (Phi) is 9.66. The Labute approximate surface area is 336 Å². The molecule has 1 aromatic carbocycles. The number of nitrogens with zero attached hydrogens (tertiary/aromatic N) is 3. The first-order chi connectivity index (χ1) is 27.6. The zero-order valence-electron chi connectivity index (χ0n) is 32.5. The molecule has 2 saturated heterocycles. The zero-order valence-corrected chi connectivity index (χ0v) is 33.3. The lowest BCUT2D eigenvalue weighted by molar-refractivity contribution is -0.244. The Morgan fingerprint density at radius 3 is 2.51 bits per heavy atom. The van der Waals surface area contributed by atoms with Crippen LogP contribution in [0, 0.1) is 12.8 Å². The number of alkyl carbamates (subject to hydrolysis) is 1. The number of sulfonamides is 1. The highest BCUT2D eigenvalue weighted by atomic mass is 32.2. The molecule has 8 rings (SSSR count). The number of nitrogens with one attached hydrogen (secondary N) is 2. The summed E-state index contributed by atoms with van der Waals surface area (Å²) in [7, 11) is -3.86. The van der Waals surface area contributed by atoms with E-state index in [0.717, 1.165) is 4.31 Å². The third-order valence-electron chi connectivity index (χ3n) is 12.6. The number of hydrogen-bond acceptors (Lipinski definition) is 10. The van der Waals surface area contributed by atoms with E-state index in [2.05, 4.69) is 20.4 Å². The summed E-state index contributed by atoms with van der Waals surface area (Å²) in [5, 5.41) is 5.65. The minimum absolute atomic E-state index is 0.0103. The Hall–Kier alpha value is -4.75. The number of benzene rings is 1. The van der Waals surface area contributed by atoms with Gasteiger partial charge >= 0.3 is 18.9 Å². The number of pyridine rings is 1. The summed E-state index contributed by atoms with van der Waals surface area (Å²) in [4.78, 5) is 61.0. The van der Waals surface area contributed by atoms with Gasteiger partial charge in [0.2, 0.25) is 17.4 Å². The molecule has 59 heavy (non-hydrogen) atoms. The standard InChI is InChI=1S/C39H44F5N5O9S/c1-21-29-24(25-17-23(56-33(40)41)11-12-26(25)45-21)13-14-36(57-29)19-28-30(50)47-38(32(52)49-37(15-16-37)59(49,54)55)18-22(38)9-7-5-4-6-8-10-27(31(51)48(28)20-36)46-34(53)58-35(2,3)39(42,43)44/h7,9,11-12,17,22,27-28,33H,4-6,8,10,13-16,18-20H2,1-3H3,(H,46,53)(H,47,50)/b9-7-/t22-,27+,28+,36-,38-,49?/m1/s1. The molecule has 14 nitrogen and oxygen atoms in total. The van der Waals surface area contributed by atoms with Gasteiger partial charge in [-0.3, -0.25) is 14.4 Å². The van der Waals surface area contributed by atoms with Gasteiger partial charge in [-0.1, -0.05) is 25.0 Å². The van der Waals surface area contributed by atoms with E-state index in [1.807, 2.05) is 6.08 Å². The first-order valence-electron chi connectivity index (χ1n) is 19.7. The molecule has 5 heterocycles. The number of carbonyl (C=O) groups is 4. The van der Waals surface area contributed by atoms with Crippen molar-refractivity contribution in [1.82, 2.24) is 24.8 Å². The highest BCUT2D eigenvalue weighted by Gasteiger charge is 2.83. The van der Waals surface area contributed by atoms with Crippen molar-refractivity contribution in [2.45, 2.75) is 138 Å². The van der Waals surface area contributed by atoms with Crippen LogP contribution in [0.4, 0.5) is 26.7 Å². The van der Waals surface area contributed by atoms with Crippen LogP contribution in [0.3, 0.4) is 0 Å². The Bertz CT molecular complexity index is 2270. The number of carbonyl (C=O) groups excluding carboxylic acids is 4. The van der Waals surface area contributed by atoms with Crippen LogP contribution >= 0.6 is 0 Å². The number of alkyl halides is 5. The van der Waals surface area contributed by atoms with Crippen LogP contribution < -0.4 is 20.1 Å². The summed E-state index contributed by atoms with van der Waals surface area (Å²) in [6.07, 6.45) is 0.340. The molecular weight excluding hydrogens is 810 g/mol. The van der Waals surface area contributed by atoms with Gasteiger partial charge in [-0.15, -0.1) is 0 Å². The number of halogens is 5. The van der Waals surface area contributed by atoms with E-state index >= 15 is 0 Å². The first-order valence-corrected chi connectivity index (χ1v) is 21.1. The monoisotopic (exact) mass is 853 g/mol. The van der Waals surface area contributed by atoms with E-state index in [-0.39, 0.29) is 44.4 Å². The van der Waals surface area contributed by atoms with Crippen molar-refractivity contribution < 1.29 is 63.8 Å². The van der Waals surface area contributed by atoms with E-state index < -0.39 is 86.2 Å². The highest BCUT2D eigenvalue weighted by molar-refractivity contribution is 7.98. The lowest BCUT2D eigenvalue weighted by Gasteiger charge is -2.37. The van der Waals surface area contributed by atoms with Crippen LogP contribution in [0.2, 0.25) is 0 Å². The maximum atomic E-state index is 14.7. The lowest BCUT2D eigenvalue weighted by atomic mass is 9.87. The number of rotatable bonds is 5. The first kappa shape index (κ1) is 41.0. The predicted molar refractivity (Wildman–Crippen MR) is 197 cm³/mol. The van der Waals surface area contributed by atoms with Gasteiger partial charge in [0.1, 0.15) is 34.7 Å². The molecule has 0 bridgehead atoms. The van der Waals surface area contributed by atoms with Crippen LogP contribution in [0.1, 0.15) is 89.3 Å². The molecule has 2 saturated carbocycles. The summed E-state index contributed by atoms with van der Waals surface area (Å²) in [6, 6.07) is 1.55. The van der Waals surface area contributed by atoms with Crippen molar-refractivity contribution in [3.8, 4) is 11.5 Å². The molecule has 5 atom stereocenters. The lowest BCUT2D eigenvalue weighted by Crippen LogP contribution is -2.57. The fourth-order valence-electron chi connectivity index (χ4n) is 8.87. The van der Waals surface area contributed by atoms with Crippen molar-refractivity contribution in [2.24, 2.45) is 5.92 Å². The summed E-state index contributed by atoms with van der Waals surface area (Å²) in [6.45, 7) is -0.271. The molecular formula is C39H44F5N5O9S. The van der Waals surface area contributed by atoms with Crippen molar-refractivity contribution in [2.75, 3.05) is 6.54 Å². The molecule has 320 valence electrons. The molecule has 2 aliphatic carbocycles. The molecule has 20 heteroatoms. The number of aromatic nitrogens is 1. The normalized spacial score (nSPS) is 30.3. The van der Waals surface area contributed by atoms with Gasteiger partial charge in [-0.25, -0.2) is 22.5 Å². The quantitative estimate of drug-likeness (QED) is 0.228. The van der Waals surface area contributed by atoms with Crippen molar-refractivity contribution in [3.05, 3.63) is 41.6 Å². The van der Waals surface area contributed by atoms with Gasteiger partial charge in [0, 0.05) is 23.3 Å². The average Bonchev–Trinajstić information content (AvgIpc) is 4.09. The Morgan fingerprint density at radius 2 is 1.83 bits per heavy atom. The van der Waals surface area contributed by atoms with Gasteiger partial charge in [0.25, 0.3) is 15.9 Å². The molecule has 0 radical (unpaired) electrons. The topological polar surface area (TPSA) is 173 Å². The Balaban J connectivity index is 1.14. The molecule has 2 aromatic rings. The molecule has 6 aliphatic rings. The van der Waals surface area contributed by atoms with Crippen molar-refractivity contribution >= 4 is 44.7 Å². The van der Waals surface area contributed by atoms with Crippen molar-refractivity contribution in [1.29, 1.82) is 0 Å². The second-order valence-corrected chi connectivity index (χ2v) is 19.1. The molecule has 2 spiro atoms. The zero-order chi connectivity index (χ0) is 42.5. The van der Waals surface area contributed by atoms with Gasteiger partial charge in [-0.2, -0.15) is 22.0 Å². The van der Waals surface area contributed by atoms with E-state index in [1.54, 1.807) is 19.1 Å². The number of amides is 4. The Morgan fingerprint density at radius 1 is 1.08 bits per heavy atom. The van der Waals surface area contributed by atoms with Gasteiger partial charge in [-0.05, 0) is 90.3 Å². The summed E-state index contributed by atoms with van der Waals surface area (Å²) < 4.78 is 110. The van der Waals surface area contributed by atoms with Gasteiger partial charge < -0.3 is 29.7 Å². The van der Waals surface area contributed by atoms with Crippen LogP contribution in [0.15, 0.2) is 30.4 Å². The van der Waals surface area contributed by atoms with Gasteiger partial charge in [0.15, 0.2) is 4.87 Å². The van der Waals surface area contributed by atoms with E-state index in [1.165, 1.54) is 17.0 Å². The number of hydrogen-bond donors (Lipinski definition) is 2. The van der Waals surface area contributed by atoms with E-state index in [4.69, 9.17) is 9.47 Å². The maximum Gasteiger partial charge on any atom is 0.427 e. The minimum Gasteiger partial charge on any atom is -0.483 e. The molecule has 2 N–H and O–H groups in total.